The highest BCUT2D eigenvalue weighted by Gasteiger charge is 2.28. The van der Waals surface area contributed by atoms with Gasteiger partial charge >= 0.3 is 6.09 Å². The molecule has 0 aromatic carbocycles. The third-order valence-electron chi connectivity index (χ3n) is 4.07. The Morgan fingerprint density at radius 1 is 1.35 bits per heavy atom. The number of aromatic amines is 1. The van der Waals surface area contributed by atoms with Gasteiger partial charge in [0.25, 0.3) is 0 Å². The summed E-state index contributed by atoms with van der Waals surface area (Å²) in [7, 11) is 0. The molecule has 1 aliphatic heterocycles. The number of ether oxygens (including phenoxy) is 1. The van der Waals surface area contributed by atoms with E-state index < -0.39 is 5.60 Å². The Labute approximate surface area is 144 Å². The number of carbonyl (C=O) groups excluding carboxylic acids is 1. The van der Waals surface area contributed by atoms with Crippen LogP contribution >= 0.6 is 15.9 Å². The van der Waals surface area contributed by atoms with E-state index >= 15 is 0 Å². The van der Waals surface area contributed by atoms with Crippen LogP contribution in [0.15, 0.2) is 22.8 Å². The minimum Gasteiger partial charge on any atom is -0.444 e. The van der Waals surface area contributed by atoms with E-state index in [-0.39, 0.29) is 6.09 Å². The maximum absolute atomic E-state index is 12.1. The van der Waals surface area contributed by atoms with Crippen LogP contribution in [0, 0.1) is 0 Å². The van der Waals surface area contributed by atoms with Crippen LogP contribution in [0.25, 0.3) is 11.0 Å². The van der Waals surface area contributed by atoms with Gasteiger partial charge in [-0.2, -0.15) is 0 Å². The first-order valence-corrected chi connectivity index (χ1v) is 8.74. The molecule has 1 amide bonds. The van der Waals surface area contributed by atoms with Crippen LogP contribution in [0.1, 0.15) is 45.2 Å². The molecule has 2 aromatic heterocycles. The van der Waals surface area contributed by atoms with Gasteiger partial charge in [0.2, 0.25) is 0 Å². The molecule has 0 spiro atoms. The third kappa shape index (κ3) is 3.68. The van der Waals surface area contributed by atoms with Gasteiger partial charge in [-0.3, -0.25) is 0 Å². The number of nitrogens with one attached hydrogen (secondary N) is 1. The maximum atomic E-state index is 12.1. The van der Waals surface area contributed by atoms with Crippen molar-refractivity contribution in [3.63, 3.8) is 0 Å². The monoisotopic (exact) mass is 379 g/mol. The number of nitrogens with zero attached hydrogens (tertiary/aromatic N) is 2. The minimum atomic E-state index is -0.443. The molecule has 0 atom stereocenters. The van der Waals surface area contributed by atoms with Crippen molar-refractivity contribution in [2.45, 2.75) is 45.1 Å². The number of piperidine rings is 1. The van der Waals surface area contributed by atoms with E-state index in [2.05, 4.69) is 33.0 Å². The van der Waals surface area contributed by atoms with E-state index in [1.54, 1.807) is 4.90 Å². The van der Waals surface area contributed by atoms with Gasteiger partial charge in [0.05, 0.1) is 0 Å². The number of aromatic nitrogens is 2. The second kappa shape index (κ2) is 6.15. The number of hydrogen-bond donors (Lipinski definition) is 1. The van der Waals surface area contributed by atoms with E-state index in [4.69, 9.17) is 9.72 Å². The quantitative estimate of drug-likeness (QED) is 0.796. The molecular weight excluding hydrogens is 358 g/mol. The Morgan fingerprint density at radius 3 is 2.70 bits per heavy atom. The normalized spacial score (nSPS) is 16.8. The van der Waals surface area contributed by atoms with Gasteiger partial charge in [0.15, 0.2) is 0 Å². The largest absolute Gasteiger partial charge is 0.444 e. The van der Waals surface area contributed by atoms with E-state index in [1.807, 2.05) is 27.0 Å². The Morgan fingerprint density at radius 2 is 2.04 bits per heavy atom. The first-order valence-electron chi connectivity index (χ1n) is 7.95. The van der Waals surface area contributed by atoms with E-state index in [1.165, 1.54) is 0 Å². The average molecular weight is 380 g/mol. The van der Waals surface area contributed by atoms with E-state index in [9.17, 15) is 4.79 Å². The van der Waals surface area contributed by atoms with Crippen molar-refractivity contribution in [3.8, 4) is 0 Å². The number of fused-ring (bicyclic) bond motifs is 1. The minimum absolute atomic E-state index is 0.215. The standard InChI is InChI=1S/C17H22BrN3O2/c1-17(2,3)23-16(22)21-8-6-11(7-9-21)14-5-4-12-13(18)10-19-15(12)20-14/h4-5,10-11H,6-9H2,1-3H3,(H,19,20). The average Bonchev–Trinajstić information content (AvgIpc) is 2.87. The fraction of sp³-hybridized carbons (Fsp3) is 0.529. The molecule has 124 valence electrons. The van der Waals surface area contributed by atoms with Crippen LogP contribution in [-0.2, 0) is 4.74 Å². The summed E-state index contributed by atoms with van der Waals surface area (Å²) in [5.41, 5.74) is 1.56. The predicted molar refractivity (Wildman–Crippen MR) is 93.6 cm³/mol. The number of hydrogen-bond acceptors (Lipinski definition) is 3. The van der Waals surface area contributed by atoms with Gasteiger partial charge in [0, 0.05) is 40.8 Å². The lowest BCUT2D eigenvalue weighted by Crippen LogP contribution is -2.41. The number of pyridine rings is 1. The smallest absolute Gasteiger partial charge is 0.410 e. The van der Waals surface area contributed by atoms with Crippen LogP contribution in [0.5, 0.6) is 0 Å². The van der Waals surface area contributed by atoms with Gasteiger partial charge in [-0.1, -0.05) is 0 Å². The highest BCUT2D eigenvalue weighted by atomic mass is 79.9. The molecular formula is C17H22BrN3O2. The second-order valence-corrected chi connectivity index (χ2v) is 7.86. The number of amides is 1. The van der Waals surface area contributed by atoms with Crippen molar-refractivity contribution in [2.24, 2.45) is 0 Å². The summed E-state index contributed by atoms with van der Waals surface area (Å²) >= 11 is 3.51. The molecule has 6 heteroatoms. The van der Waals surface area contributed by atoms with Gasteiger partial charge in [-0.05, 0) is 61.7 Å². The molecule has 0 unspecified atom stereocenters. The lowest BCUT2D eigenvalue weighted by molar-refractivity contribution is 0.0204. The molecule has 3 heterocycles. The summed E-state index contributed by atoms with van der Waals surface area (Å²) in [4.78, 5) is 21.8. The first-order chi connectivity index (χ1) is 10.8. The molecule has 2 aromatic rings. The molecule has 5 nitrogen and oxygen atoms in total. The summed E-state index contributed by atoms with van der Waals surface area (Å²) in [6, 6.07) is 4.19. The van der Waals surface area contributed by atoms with Gasteiger partial charge in [-0.15, -0.1) is 0 Å². The maximum Gasteiger partial charge on any atom is 0.410 e. The predicted octanol–water partition coefficient (Wildman–Crippen LogP) is 4.44. The number of carbonyl (C=O) groups is 1. The zero-order chi connectivity index (χ0) is 16.6. The van der Waals surface area contributed by atoms with Crippen molar-refractivity contribution < 1.29 is 9.53 Å². The van der Waals surface area contributed by atoms with Crippen LogP contribution < -0.4 is 0 Å². The van der Waals surface area contributed by atoms with Crippen molar-refractivity contribution in [2.75, 3.05) is 13.1 Å². The molecule has 1 fully saturated rings. The zero-order valence-corrected chi connectivity index (χ0v) is 15.3. The molecule has 0 bridgehead atoms. The molecule has 0 radical (unpaired) electrons. The Hall–Kier alpha value is -1.56. The van der Waals surface area contributed by atoms with Crippen molar-refractivity contribution >= 4 is 33.1 Å². The fourth-order valence-corrected chi connectivity index (χ4v) is 3.33. The van der Waals surface area contributed by atoms with Crippen molar-refractivity contribution in [1.82, 2.24) is 14.9 Å². The summed E-state index contributed by atoms with van der Waals surface area (Å²) in [6.07, 6.45) is 3.53. The molecule has 1 saturated heterocycles. The van der Waals surface area contributed by atoms with Gasteiger partial charge < -0.3 is 14.6 Å². The lowest BCUT2D eigenvalue weighted by Gasteiger charge is -2.33. The molecule has 1 N–H and O–H groups in total. The SMILES string of the molecule is CC(C)(C)OC(=O)N1CCC(c2ccc3c(Br)c[nH]c3n2)CC1. The molecule has 1 aliphatic rings. The van der Waals surface area contributed by atoms with E-state index in [0.29, 0.717) is 19.0 Å². The Kier molecular flexibility index (Phi) is 4.36. The topological polar surface area (TPSA) is 58.2 Å². The zero-order valence-electron chi connectivity index (χ0n) is 13.7. The third-order valence-corrected chi connectivity index (χ3v) is 4.73. The highest BCUT2D eigenvalue weighted by Crippen LogP contribution is 2.30. The number of halogens is 1. The van der Waals surface area contributed by atoms with Gasteiger partial charge in [0.1, 0.15) is 11.2 Å². The fourth-order valence-electron chi connectivity index (χ4n) is 2.90. The molecule has 0 aliphatic carbocycles. The molecule has 0 saturated carbocycles. The van der Waals surface area contributed by atoms with Crippen LogP contribution in [0.2, 0.25) is 0 Å². The van der Waals surface area contributed by atoms with Crippen molar-refractivity contribution in [3.05, 3.63) is 28.5 Å². The van der Waals surface area contributed by atoms with Crippen LogP contribution in [-0.4, -0.2) is 39.7 Å². The summed E-state index contributed by atoms with van der Waals surface area (Å²) < 4.78 is 6.47. The van der Waals surface area contributed by atoms with E-state index in [0.717, 1.165) is 34.0 Å². The van der Waals surface area contributed by atoms with Gasteiger partial charge in [-0.25, -0.2) is 9.78 Å². The summed E-state index contributed by atoms with van der Waals surface area (Å²) in [5.74, 6) is 0.389. The van der Waals surface area contributed by atoms with Crippen LogP contribution in [0.4, 0.5) is 4.79 Å². The van der Waals surface area contributed by atoms with Crippen molar-refractivity contribution in [1.29, 1.82) is 0 Å². The number of rotatable bonds is 1. The second-order valence-electron chi connectivity index (χ2n) is 7.01. The lowest BCUT2D eigenvalue weighted by atomic mass is 9.93. The number of H-pyrrole nitrogens is 1. The summed E-state index contributed by atoms with van der Waals surface area (Å²) in [6.45, 7) is 7.11. The summed E-state index contributed by atoms with van der Waals surface area (Å²) in [5, 5.41) is 1.10. The molecule has 23 heavy (non-hydrogen) atoms. The number of likely N-dealkylation sites (tertiary alicyclic amines) is 1. The molecule has 3 rings (SSSR count). The van der Waals surface area contributed by atoms with Crippen LogP contribution in [0.3, 0.4) is 0 Å². The highest BCUT2D eigenvalue weighted by molar-refractivity contribution is 9.10. The first kappa shape index (κ1) is 16.3. The Bertz CT molecular complexity index is 712. The Balaban J connectivity index is 1.65.